The summed E-state index contributed by atoms with van der Waals surface area (Å²) < 4.78 is 17.2. The minimum absolute atomic E-state index is 0.0452. The Morgan fingerprint density at radius 2 is 0.816 bits per heavy atom. The first-order chi connectivity index (χ1) is 35.9. The molecule has 0 aromatic heterocycles. The number of carbonyl (C=O) groups excluding carboxylic acids is 1. The fraction of sp³-hybridized carbons (Fsp3) is 0.618. The summed E-state index contributed by atoms with van der Waals surface area (Å²) in [6, 6.07) is 27.2. The number of carboxylic acids is 1. The monoisotopic (exact) mass is 1050 g/mol. The number of aliphatic hydroxyl groups excluding tert-OH is 2. The minimum atomic E-state index is -0.718. The molecule has 3 N–H and O–H groups in total. The van der Waals surface area contributed by atoms with Crippen molar-refractivity contribution in [2.45, 2.75) is 242 Å². The highest BCUT2D eigenvalue weighted by molar-refractivity contribution is 5.69. The summed E-state index contributed by atoms with van der Waals surface area (Å²) in [6.45, 7) is 34.0. The molecule has 8 heteroatoms. The summed E-state index contributed by atoms with van der Waals surface area (Å²) in [4.78, 5) is 22.1. The van der Waals surface area contributed by atoms with E-state index in [0.29, 0.717) is 26.2 Å². The molecule has 0 radical (unpaired) electrons. The van der Waals surface area contributed by atoms with Crippen molar-refractivity contribution < 1.29 is 39.1 Å². The van der Waals surface area contributed by atoms with Gasteiger partial charge in [-0.25, -0.2) is 0 Å². The van der Waals surface area contributed by atoms with Crippen LogP contribution in [-0.2, 0) is 38.0 Å². The predicted octanol–water partition coefficient (Wildman–Crippen LogP) is 16.8. The van der Waals surface area contributed by atoms with Gasteiger partial charge in [0.25, 0.3) is 0 Å². The molecule has 0 bridgehead atoms. The van der Waals surface area contributed by atoms with E-state index in [1.807, 2.05) is 6.92 Å². The first kappa shape index (κ1) is 65.6. The topological polar surface area (TPSA) is 123 Å². The number of aliphatic carboxylic acids is 1. The van der Waals surface area contributed by atoms with E-state index in [4.69, 9.17) is 19.3 Å². The molecule has 4 aromatic rings. The average molecular weight is 1050 g/mol. The molecule has 0 spiro atoms. The maximum absolute atomic E-state index is 11.4. The van der Waals surface area contributed by atoms with Gasteiger partial charge in [0, 0.05) is 23.7 Å². The second-order valence-electron chi connectivity index (χ2n) is 23.9. The van der Waals surface area contributed by atoms with E-state index >= 15 is 0 Å². The van der Waals surface area contributed by atoms with Gasteiger partial charge in [0.05, 0.1) is 32.0 Å². The molecule has 2 unspecified atom stereocenters. The van der Waals surface area contributed by atoms with Crippen LogP contribution in [0.3, 0.4) is 0 Å². The molecule has 8 nitrogen and oxygen atoms in total. The summed E-state index contributed by atoms with van der Waals surface area (Å²) in [5, 5.41) is 29.7. The maximum atomic E-state index is 11.4. The van der Waals surface area contributed by atoms with Crippen LogP contribution in [0.5, 0.6) is 11.5 Å². The number of esters is 1. The smallest absolute Gasteiger partial charge is 0.305 e. The third-order valence-electron chi connectivity index (χ3n) is 16.4. The Morgan fingerprint density at radius 3 is 1.13 bits per heavy atom. The van der Waals surface area contributed by atoms with Crippen molar-refractivity contribution in [3.05, 3.63) is 128 Å². The number of carbonyl (C=O) groups is 2. The lowest BCUT2D eigenvalue weighted by molar-refractivity contribution is -0.143. The van der Waals surface area contributed by atoms with Gasteiger partial charge in [-0.2, -0.15) is 0 Å². The Labute approximate surface area is 462 Å². The quantitative estimate of drug-likeness (QED) is 0.0336. The zero-order valence-corrected chi connectivity index (χ0v) is 50.3. The van der Waals surface area contributed by atoms with Crippen molar-refractivity contribution in [3.63, 3.8) is 0 Å². The first-order valence-corrected chi connectivity index (χ1v) is 29.3. The van der Waals surface area contributed by atoms with E-state index in [2.05, 4.69) is 170 Å². The van der Waals surface area contributed by atoms with Gasteiger partial charge in [-0.15, -0.1) is 0 Å². The van der Waals surface area contributed by atoms with Crippen molar-refractivity contribution >= 4 is 11.9 Å². The molecule has 0 heterocycles. The van der Waals surface area contributed by atoms with Gasteiger partial charge in [0.1, 0.15) is 11.5 Å². The lowest BCUT2D eigenvalue weighted by Crippen LogP contribution is -2.27. The zero-order valence-electron chi connectivity index (χ0n) is 50.3. The normalized spacial score (nSPS) is 12.9. The van der Waals surface area contributed by atoms with E-state index < -0.39 is 5.97 Å². The van der Waals surface area contributed by atoms with Gasteiger partial charge in [0.15, 0.2) is 0 Å². The maximum Gasteiger partial charge on any atom is 0.305 e. The number of aliphatic hydroxyl groups is 2. The molecule has 0 aliphatic rings. The van der Waals surface area contributed by atoms with E-state index in [1.165, 1.54) is 50.1 Å². The summed E-state index contributed by atoms with van der Waals surface area (Å²) in [5.74, 6) is 1.07. The van der Waals surface area contributed by atoms with Crippen LogP contribution in [0, 0.1) is 38.5 Å². The molecular formula is C68H104O8. The number of unbranched alkanes of at least 4 members (excludes halogenated alkanes) is 6. The molecule has 0 aliphatic carbocycles. The highest BCUT2D eigenvalue weighted by Gasteiger charge is 2.33. The van der Waals surface area contributed by atoms with Crippen LogP contribution in [0.2, 0.25) is 0 Å². The minimum Gasteiger partial charge on any atom is -0.493 e. The lowest BCUT2D eigenvalue weighted by Gasteiger charge is -2.34. The first-order valence-electron chi connectivity index (χ1n) is 29.3. The Morgan fingerprint density at radius 1 is 0.474 bits per heavy atom. The van der Waals surface area contributed by atoms with E-state index in [0.717, 1.165) is 120 Å². The van der Waals surface area contributed by atoms with Crippen LogP contribution in [-0.4, -0.2) is 59.3 Å². The van der Waals surface area contributed by atoms with Gasteiger partial charge >= 0.3 is 11.9 Å². The largest absolute Gasteiger partial charge is 0.493 e. The number of hydrogen-bond donors (Lipinski definition) is 3. The summed E-state index contributed by atoms with van der Waals surface area (Å²) in [5.41, 5.74) is 12.7. The molecule has 0 fully saturated rings. The van der Waals surface area contributed by atoms with Crippen LogP contribution < -0.4 is 9.47 Å². The Bertz CT molecular complexity index is 2360. The number of hydrogen-bond acceptors (Lipinski definition) is 7. The molecule has 2 atom stereocenters. The fourth-order valence-corrected chi connectivity index (χ4v) is 10.7. The standard InChI is InChI=1S/C35H54O4.C33H50O4/c1-9-35(10-2,29-19-17-28(26(4)24-29)18-22-32(36)34(6,7)8)30-20-21-31(27(5)25-30)39-23-15-13-12-14-16-33(37)38-11-3;1-8-33(9-2,27-17-15-26(24(3)22-27)16-20-30(34)32(5,6)7)28-18-19-29(25(4)23-28)37-21-13-11-10-12-14-31(35)36/h17,19-21,24-25,32,36H,9-16,18,22-23H2,1-8H3;15,17-19,22-23,30,34H,8-14,16,20-21H2,1-7H3,(H,35,36). The number of carboxylic acid groups (broad SMARTS) is 1. The van der Waals surface area contributed by atoms with Crippen LogP contribution in [0.4, 0.5) is 0 Å². The van der Waals surface area contributed by atoms with Gasteiger partial charge < -0.3 is 29.5 Å². The van der Waals surface area contributed by atoms with Crippen molar-refractivity contribution in [2.24, 2.45) is 10.8 Å². The predicted molar refractivity (Wildman–Crippen MR) is 316 cm³/mol. The molecule has 0 amide bonds. The summed E-state index contributed by atoms with van der Waals surface area (Å²) >= 11 is 0. The van der Waals surface area contributed by atoms with Crippen LogP contribution >= 0.6 is 0 Å². The lowest BCUT2D eigenvalue weighted by atomic mass is 9.69. The number of ether oxygens (including phenoxy) is 3. The van der Waals surface area contributed by atoms with Gasteiger partial charge in [0.2, 0.25) is 0 Å². The van der Waals surface area contributed by atoms with E-state index in [9.17, 15) is 19.8 Å². The molecule has 424 valence electrons. The molecule has 0 aliphatic heterocycles. The molecular weight excluding hydrogens is 945 g/mol. The highest BCUT2D eigenvalue weighted by atomic mass is 16.5. The van der Waals surface area contributed by atoms with Crippen LogP contribution in [0.1, 0.15) is 235 Å². The Hall–Kier alpha value is -4.66. The molecule has 76 heavy (non-hydrogen) atoms. The third kappa shape index (κ3) is 19.7. The molecule has 0 saturated carbocycles. The Balaban J connectivity index is 0.000000401. The van der Waals surface area contributed by atoms with E-state index in [-0.39, 0.29) is 46.3 Å². The summed E-state index contributed by atoms with van der Waals surface area (Å²) in [7, 11) is 0. The number of benzene rings is 4. The van der Waals surface area contributed by atoms with Gasteiger partial charge in [-0.1, -0.05) is 156 Å². The Kier molecular flexibility index (Phi) is 27.3. The zero-order chi connectivity index (χ0) is 56.7. The van der Waals surface area contributed by atoms with Crippen LogP contribution in [0.15, 0.2) is 72.8 Å². The third-order valence-corrected chi connectivity index (χ3v) is 16.4. The fourth-order valence-electron chi connectivity index (χ4n) is 10.7. The molecule has 4 rings (SSSR count). The number of rotatable bonds is 31. The highest BCUT2D eigenvalue weighted by Crippen LogP contribution is 2.43. The second-order valence-corrected chi connectivity index (χ2v) is 23.9. The number of aryl methyl sites for hydroxylation is 6. The van der Waals surface area contributed by atoms with E-state index in [1.54, 1.807) is 0 Å². The average Bonchev–Trinajstić information content (AvgIpc) is 3.37. The molecule has 0 saturated heterocycles. The summed E-state index contributed by atoms with van der Waals surface area (Å²) in [6.07, 6.45) is 15.1. The molecule has 4 aromatic carbocycles. The van der Waals surface area contributed by atoms with Gasteiger partial charge in [-0.05, 0) is 190 Å². The van der Waals surface area contributed by atoms with Crippen molar-refractivity contribution in [1.29, 1.82) is 0 Å². The van der Waals surface area contributed by atoms with Crippen molar-refractivity contribution in [3.8, 4) is 11.5 Å². The SMILES string of the molecule is CCC(CC)(c1ccc(CCC(O)C(C)(C)C)c(C)c1)c1ccc(OCCCCCCC(=O)O)c(C)c1.CCOC(=O)CCCCCCOc1ccc(C(CC)(CC)c2ccc(CCC(O)C(C)(C)C)c(C)c2)cc1C. The van der Waals surface area contributed by atoms with Crippen LogP contribution in [0.25, 0.3) is 0 Å². The van der Waals surface area contributed by atoms with Crippen molar-refractivity contribution in [1.82, 2.24) is 0 Å². The van der Waals surface area contributed by atoms with Crippen molar-refractivity contribution in [2.75, 3.05) is 19.8 Å². The second kappa shape index (κ2) is 31.7. The van der Waals surface area contributed by atoms with Gasteiger partial charge in [-0.3, -0.25) is 9.59 Å².